The standard InChI is InChI=1S/C29H27ClFN7O4/c30-21-3-1-2-16-8-19(39)11-22(26(16)21)35-29(42)24-10-18(31)13-37(24)25(40)14-38-23-5-4-15(17-6-7-33-34-12-17)9-20(23)27(36-38)28(32)41/h1-7,9,12,18,22,24,28,41H,8,10-11,13-14,32H2,(H,35,42). The first-order chi connectivity index (χ1) is 20.2. The van der Waals surface area contributed by atoms with E-state index in [0.29, 0.717) is 21.5 Å². The first kappa shape index (κ1) is 27.9. The molecule has 0 radical (unpaired) electrons. The molecule has 4 atom stereocenters. The van der Waals surface area contributed by atoms with Crippen molar-refractivity contribution in [3.05, 3.63) is 76.7 Å². The molecular weight excluding hydrogens is 565 g/mol. The van der Waals surface area contributed by atoms with Crippen molar-refractivity contribution < 1.29 is 23.9 Å². The summed E-state index contributed by atoms with van der Waals surface area (Å²) in [4.78, 5) is 40.5. The fourth-order valence-electron chi connectivity index (χ4n) is 5.84. The van der Waals surface area contributed by atoms with Gasteiger partial charge in [0.25, 0.3) is 0 Å². The van der Waals surface area contributed by atoms with Gasteiger partial charge < -0.3 is 21.1 Å². The number of aliphatic hydroxyl groups is 1. The number of benzene rings is 2. The molecule has 1 aliphatic carbocycles. The van der Waals surface area contributed by atoms with Crippen LogP contribution in [0.5, 0.6) is 0 Å². The fourth-order valence-corrected chi connectivity index (χ4v) is 6.17. The van der Waals surface area contributed by atoms with E-state index in [9.17, 15) is 23.9 Å². The molecule has 4 aromatic rings. The van der Waals surface area contributed by atoms with Crippen LogP contribution in [0.3, 0.4) is 0 Å². The Hall–Kier alpha value is -4.26. The monoisotopic (exact) mass is 591 g/mol. The lowest BCUT2D eigenvalue weighted by atomic mass is 9.86. The Morgan fingerprint density at radius 2 is 2.02 bits per heavy atom. The first-order valence-electron chi connectivity index (χ1n) is 13.4. The van der Waals surface area contributed by atoms with E-state index in [4.69, 9.17) is 17.3 Å². The molecule has 0 spiro atoms. The predicted molar refractivity (Wildman–Crippen MR) is 151 cm³/mol. The number of Topliss-reactive ketones (excluding diaryl/α,β-unsaturated/α-hetero) is 1. The zero-order chi connectivity index (χ0) is 29.5. The van der Waals surface area contributed by atoms with E-state index in [1.807, 2.05) is 6.07 Å². The predicted octanol–water partition coefficient (Wildman–Crippen LogP) is 2.41. The molecule has 2 aliphatic rings. The highest BCUT2D eigenvalue weighted by atomic mass is 35.5. The van der Waals surface area contributed by atoms with Crippen LogP contribution in [-0.2, 0) is 27.3 Å². The van der Waals surface area contributed by atoms with Gasteiger partial charge in [0, 0.05) is 35.2 Å². The summed E-state index contributed by atoms with van der Waals surface area (Å²) >= 11 is 6.41. The molecule has 42 heavy (non-hydrogen) atoms. The van der Waals surface area contributed by atoms with Gasteiger partial charge in [-0.25, -0.2) is 4.39 Å². The minimum atomic E-state index is -1.41. The number of aromatic nitrogens is 4. The Morgan fingerprint density at radius 1 is 1.19 bits per heavy atom. The van der Waals surface area contributed by atoms with Gasteiger partial charge in [-0.05, 0) is 41.0 Å². The maximum atomic E-state index is 14.7. The fraction of sp³-hybridized carbons (Fsp3) is 0.310. The lowest BCUT2D eigenvalue weighted by molar-refractivity contribution is -0.139. The number of carbonyl (C=O) groups excluding carboxylic acids is 3. The third-order valence-electron chi connectivity index (χ3n) is 7.76. The van der Waals surface area contributed by atoms with Crippen molar-refractivity contribution in [2.45, 2.75) is 50.3 Å². The molecule has 13 heteroatoms. The molecule has 3 heterocycles. The molecule has 4 N–H and O–H groups in total. The Kier molecular flexibility index (Phi) is 7.43. The van der Waals surface area contributed by atoms with E-state index in [1.54, 1.807) is 48.8 Å². The third-order valence-corrected chi connectivity index (χ3v) is 8.09. The Bertz CT molecular complexity index is 1700. The van der Waals surface area contributed by atoms with Crippen LogP contribution in [0.4, 0.5) is 4.39 Å². The Morgan fingerprint density at radius 3 is 2.79 bits per heavy atom. The summed E-state index contributed by atoms with van der Waals surface area (Å²) in [5.41, 5.74) is 9.44. The van der Waals surface area contributed by atoms with Crippen molar-refractivity contribution in [2.75, 3.05) is 6.54 Å². The highest BCUT2D eigenvalue weighted by molar-refractivity contribution is 6.31. The minimum Gasteiger partial charge on any atom is -0.373 e. The Labute approximate surface area is 244 Å². The maximum absolute atomic E-state index is 14.7. The molecule has 11 nitrogen and oxygen atoms in total. The number of halogens is 2. The third kappa shape index (κ3) is 5.24. The summed E-state index contributed by atoms with van der Waals surface area (Å²) in [6.45, 7) is -0.574. The molecule has 0 bridgehead atoms. The van der Waals surface area contributed by atoms with Crippen LogP contribution in [0.2, 0.25) is 5.02 Å². The van der Waals surface area contributed by atoms with E-state index >= 15 is 0 Å². The average molecular weight is 592 g/mol. The van der Waals surface area contributed by atoms with Crippen molar-refractivity contribution in [3.63, 3.8) is 0 Å². The van der Waals surface area contributed by atoms with Crippen LogP contribution >= 0.6 is 11.6 Å². The number of hydrogen-bond acceptors (Lipinski definition) is 8. The Balaban J connectivity index is 1.24. The number of nitrogens with zero attached hydrogens (tertiary/aromatic N) is 5. The molecule has 1 aliphatic heterocycles. The lowest BCUT2D eigenvalue weighted by Gasteiger charge is -2.30. The zero-order valence-corrected chi connectivity index (χ0v) is 23.0. The molecule has 4 unspecified atom stereocenters. The molecule has 2 aromatic heterocycles. The van der Waals surface area contributed by atoms with Gasteiger partial charge >= 0.3 is 0 Å². The molecule has 1 fully saturated rings. The van der Waals surface area contributed by atoms with Crippen LogP contribution in [0.1, 0.15) is 41.9 Å². The average Bonchev–Trinajstić information content (AvgIpc) is 3.54. The van der Waals surface area contributed by atoms with E-state index in [-0.39, 0.29) is 43.8 Å². The van der Waals surface area contributed by atoms with Crippen LogP contribution < -0.4 is 11.1 Å². The zero-order valence-electron chi connectivity index (χ0n) is 22.3. The minimum absolute atomic E-state index is 0.0513. The highest BCUT2D eigenvalue weighted by Crippen LogP contribution is 2.34. The van der Waals surface area contributed by atoms with Crippen molar-refractivity contribution in [1.82, 2.24) is 30.2 Å². The summed E-state index contributed by atoms with van der Waals surface area (Å²) in [5, 5.41) is 26.1. The number of nitrogens with two attached hydrogens (primary N) is 1. The number of alkyl halides is 1. The molecule has 2 amide bonds. The topological polar surface area (TPSA) is 156 Å². The van der Waals surface area contributed by atoms with E-state index in [0.717, 1.165) is 16.7 Å². The van der Waals surface area contributed by atoms with Crippen molar-refractivity contribution >= 4 is 40.1 Å². The SMILES string of the molecule is NC(O)c1nn(CC(=O)N2CC(F)CC2C(=O)NC2CC(=O)Cc3cccc(Cl)c32)c2ccc(-c3ccnnc3)cc12. The van der Waals surface area contributed by atoms with Crippen molar-refractivity contribution in [1.29, 1.82) is 0 Å². The smallest absolute Gasteiger partial charge is 0.245 e. The van der Waals surface area contributed by atoms with Gasteiger partial charge in [-0.1, -0.05) is 29.8 Å². The molecule has 2 aromatic carbocycles. The van der Waals surface area contributed by atoms with Gasteiger partial charge in [-0.3, -0.25) is 19.1 Å². The number of likely N-dealkylation sites (tertiary alicyclic amines) is 1. The van der Waals surface area contributed by atoms with Gasteiger partial charge in [0.15, 0.2) is 0 Å². The second-order valence-electron chi connectivity index (χ2n) is 10.5. The number of rotatable bonds is 6. The summed E-state index contributed by atoms with van der Waals surface area (Å²) in [5.74, 6) is -1.14. The highest BCUT2D eigenvalue weighted by Gasteiger charge is 2.41. The first-order valence-corrected chi connectivity index (χ1v) is 13.8. The largest absolute Gasteiger partial charge is 0.373 e. The lowest BCUT2D eigenvalue weighted by Crippen LogP contribution is -2.48. The number of fused-ring (bicyclic) bond motifs is 2. The maximum Gasteiger partial charge on any atom is 0.245 e. The molecular formula is C29H27ClFN7O4. The normalized spacial score (nSPS) is 20.9. The van der Waals surface area contributed by atoms with Crippen LogP contribution in [0.15, 0.2) is 54.9 Å². The van der Waals surface area contributed by atoms with E-state index < -0.39 is 36.3 Å². The van der Waals surface area contributed by atoms with Gasteiger partial charge in [0.05, 0.1) is 30.5 Å². The number of nitrogens with one attached hydrogen (secondary N) is 1. The molecule has 216 valence electrons. The number of hydrogen-bond donors (Lipinski definition) is 3. The summed E-state index contributed by atoms with van der Waals surface area (Å²) in [7, 11) is 0. The van der Waals surface area contributed by atoms with Gasteiger partial charge in [-0.15, -0.1) is 0 Å². The van der Waals surface area contributed by atoms with Crippen molar-refractivity contribution in [3.8, 4) is 11.1 Å². The quantitative estimate of drug-likeness (QED) is 0.289. The molecule has 1 saturated heterocycles. The summed E-state index contributed by atoms with van der Waals surface area (Å²) < 4.78 is 16.0. The van der Waals surface area contributed by atoms with E-state index in [2.05, 4.69) is 20.6 Å². The molecule has 6 rings (SSSR count). The van der Waals surface area contributed by atoms with Crippen molar-refractivity contribution in [2.24, 2.45) is 5.73 Å². The number of carbonyl (C=O) groups is 3. The van der Waals surface area contributed by atoms with Gasteiger partial charge in [-0.2, -0.15) is 15.3 Å². The van der Waals surface area contributed by atoms with Crippen LogP contribution in [0, 0.1) is 0 Å². The second-order valence-corrected chi connectivity index (χ2v) is 10.9. The van der Waals surface area contributed by atoms with Gasteiger partial charge in [0.2, 0.25) is 11.8 Å². The van der Waals surface area contributed by atoms with Gasteiger partial charge in [0.1, 0.15) is 36.5 Å². The number of aliphatic hydroxyl groups excluding tert-OH is 1. The van der Waals surface area contributed by atoms with Crippen LogP contribution in [0.25, 0.3) is 22.0 Å². The summed E-state index contributed by atoms with van der Waals surface area (Å²) in [6, 6.07) is 10.6. The number of ketones is 1. The summed E-state index contributed by atoms with van der Waals surface area (Å²) in [6.07, 6.45) is 0.438. The van der Waals surface area contributed by atoms with E-state index in [1.165, 1.54) is 9.58 Å². The number of amides is 2. The van der Waals surface area contributed by atoms with Crippen LogP contribution in [-0.4, -0.2) is 66.3 Å². The molecule has 0 saturated carbocycles. The second kappa shape index (κ2) is 11.2.